The average molecular weight is 526 g/mol. The van der Waals surface area contributed by atoms with Crippen molar-refractivity contribution >= 4 is 33.7 Å². The zero-order valence-corrected chi connectivity index (χ0v) is 20.9. The zero-order valence-electron chi connectivity index (χ0n) is 20.1. The summed E-state index contributed by atoms with van der Waals surface area (Å²) < 4.78 is 28.3. The molecule has 1 aliphatic heterocycles. The van der Waals surface area contributed by atoms with Crippen LogP contribution >= 0.6 is 11.3 Å². The van der Waals surface area contributed by atoms with Crippen molar-refractivity contribution in [2.24, 2.45) is 0 Å². The Hall–Kier alpha value is -3.77. The fourth-order valence-electron chi connectivity index (χ4n) is 4.09. The number of anilines is 1. The van der Waals surface area contributed by atoms with Crippen molar-refractivity contribution in [3.63, 3.8) is 0 Å². The Kier molecular flexibility index (Phi) is 6.94. The van der Waals surface area contributed by atoms with E-state index in [1.807, 2.05) is 23.2 Å². The molecule has 1 aliphatic rings. The molecule has 9 nitrogen and oxygen atoms in total. The van der Waals surface area contributed by atoms with Crippen molar-refractivity contribution in [3.05, 3.63) is 66.0 Å². The van der Waals surface area contributed by atoms with Crippen LogP contribution in [0.3, 0.4) is 0 Å². The smallest absolute Gasteiger partial charge is 0.260 e. The van der Waals surface area contributed by atoms with Crippen molar-refractivity contribution in [2.75, 3.05) is 31.5 Å². The lowest BCUT2D eigenvalue weighted by Crippen LogP contribution is -2.43. The minimum atomic E-state index is -2.60. The molecular formula is C25H25F2N7O2S. The maximum atomic E-state index is 13.3. The number of aryl methyl sites for hydroxylation is 1. The molecule has 1 saturated heterocycles. The predicted octanol–water partition coefficient (Wildman–Crippen LogP) is 3.87. The van der Waals surface area contributed by atoms with Crippen LogP contribution in [0.25, 0.3) is 15.3 Å². The van der Waals surface area contributed by atoms with Crippen LogP contribution in [0, 0.1) is 6.92 Å². The van der Waals surface area contributed by atoms with Crippen LogP contribution in [0.2, 0.25) is 0 Å². The molecule has 0 radical (unpaired) electrons. The lowest BCUT2D eigenvalue weighted by Gasteiger charge is -2.31. The molecule has 2 amide bonds. The van der Waals surface area contributed by atoms with Gasteiger partial charge in [0.1, 0.15) is 4.83 Å². The summed E-state index contributed by atoms with van der Waals surface area (Å²) in [5, 5.41) is 9.94. The quantitative estimate of drug-likeness (QED) is 0.380. The Balaban J connectivity index is 1.23. The highest BCUT2D eigenvalue weighted by Gasteiger charge is 2.33. The van der Waals surface area contributed by atoms with Crippen molar-refractivity contribution in [1.82, 2.24) is 29.8 Å². The summed E-state index contributed by atoms with van der Waals surface area (Å²) in [6, 6.07) is 5.36. The van der Waals surface area contributed by atoms with E-state index in [0.717, 1.165) is 10.4 Å². The molecule has 4 aromatic rings. The van der Waals surface area contributed by atoms with Crippen LogP contribution in [0.1, 0.15) is 39.3 Å². The van der Waals surface area contributed by atoms with E-state index in [0.29, 0.717) is 53.5 Å². The second-order valence-corrected chi connectivity index (χ2v) is 9.94. The fourth-order valence-corrected chi connectivity index (χ4v) is 5.14. The van der Waals surface area contributed by atoms with Crippen LogP contribution < -0.4 is 10.6 Å². The summed E-state index contributed by atoms with van der Waals surface area (Å²) >= 11 is 1.43. The third-order valence-electron chi connectivity index (χ3n) is 6.29. The van der Waals surface area contributed by atoms with E-state index in [-0.39, 0.29) is 24.7 Å². The Morgan fingerprint density at radius 3 is 2.73 bits per heavy atom. The van der Waals surface area contributed by atoms with Gasteiger partial charge in [0.2, 0.25) is 0 Å². The molecule has 0 unspecified atom stereocenters. The third-order valence-corrected chi connectivity index (χ3v) is 7.45. The van der Waals surface area contributed by atoms with E-state index in [2.05, 4.69) is 25.7 Å². The average Bonchev–Trinajstić information content (AvgIpc) is 3.48. The second kappa shape index (κ2) is 10.3. The number of amides is 2. The molecule has 0 aromatic carbocycles. The van der Waals surface area contributed by atoms with Crippen molar-refractivity contribution < 1.29 is 18.4 Å². The Bertz CT molecular complexity index is 1430. The van der Waals surface area contributed by atoms with Crippen molar-refractivity contribution in [2.45, 2.75) is 25.7 Å². The number of halogens is 2. The monoisotopic (exact) mass is 525 g/mol. The van der Waals surface area contributed by atoms with Gasteiger partial charge in [-0.3, -0.25) is 19.6 Å². The summed E-state index contributed by atoms with van der Waals surface area (Å²) in [7, 11) is 0. The fraction of sp³-hybridized carbons (Fsp3) is 0.320. The van der Waals surface area contributed by atoms with Crippen LogP contribution in [0.15, 0.2) is 49.2 Å². The number of nitrogens with zero attached hydrogens (tertiary/aromatic N) is 5. The topological polar surface area (TPSA) is 105 Å². The van der Waals surface area contributed by atoms with Gasteiger partial charge in [0, 0.05) is 69.4 Å². The molecule has 192 valence electrons. The minimum Gasteiger partial charge on any atom is -0.351 e. The summed E-state index contributed by atoms with van der Waals surface area (Å²) in [5.41, 5.74) is 2.60. The summed E-state index contributed by atoms with van der Waals surface area (Å²) in [5.74, 6) is -3.31. The third kappa shape index (κ3) is 5.65. The Labute approximate surface area is 215 Å². The minimum absolute atomic E-state index is 0.161. The second-order valence-electron chi connectivity index (χ2n) is 8.91. The highest BCUT2D eigenvalue weighted by atomic mass is 32.1. The van der Waals surface area contributed by atoms with Crippen LogP contribution in [-0.2, 0) is 0 Å². The zero-order chi connectivity index (χ0) is 26.0. The first-order chi connectivity index (χ1) is 17.8. The lowest BCUT2D eigenvalue weighted by atomic mass is 10.1. The van der Waals surface area contributed by atoms with Gasteiger partial charge < -0.3 is 15.5 Å². The van der Waals surface area contributed by atoms with Gasteiger partial charge >= 0.3 is 0 Å². The lowest BCUT2D eigenvalue weighted by molar-refractivity contribution is -0.0547. The largest absolute Gasteiger partial charge is 0.351 e. The number of hydrogen-bond acceptors (Lipinski definition) is 7. The predicted molar refractivity (Wildman–Crippen MR) is 136 cm³/mol. The van der Waals surface area contributed by atoms with Crippen LogP contribution in [-0.4, -0.2) is 68.4 Å². The van der Waals surface area contributed by atoms with Gasteiger partial charge in [-0.2, -0.15) is 5.10 Å². The van der Waals surface area contributed by atoms with E-state index < -0.39 is 5.92 Å². The number of alkyl halides is 2. The Morgan fingerprint density at radius 1 is 1.16 bits per heavy atom. The van der Waals surface area contributed by atoms with Gasteiger partial charge in [0.25, 0.3) is 17.7 Å². The molecule has 2 N–H and O–H groups in total. The van der Waals surface area contributed by atoms with Gasteiger partial charge in [-0.1, -0.05) is 6.07 Å². The van der Waals surface area contributed by atoms with Gasteiger partial charge in [-0.25, -0.2) is 13.3 Å². The summed E-state index contributed by atoms with van der Waals surface area (Å²) in [6.45, 7) is 3.17. The maximum absolute atomic E-state index is 13.3. The summed E-state index contributed by atoms with van der Waals surface area (Å²) in [4.78, 5) is 37.7. The molecule has 37 heavy (non-hydrogen) atoms. The first kappa shape index (κ1) is 24.9. The number of carbonyl (C=O) groups is 2. The number of rotatable bonds is 7. The molecular weight excluding hydrogens is 500 g/mol. The number of likely N-dealkylation sites (tertiary alicyclic amines) is 1. The van der Waals surface area contributed by atoms with E-state index in [1.54, 1.807) is 29.9 Å². The maximum Gasteiger partial charge on any atom is 0.260 e. The number of nitrogens with one attached hydrogen (secondary N) is 2. The molecule has 4 aromatic heterocycles. The summed E-state index contributed by atoms with van der Waals surface area (Å²) in [6.07, 6.45) is 7.92. The highest BCUT2D eigenvalue weighted by Crippen LogP contribution is 2.30. The van der Waals surface area contributed by atoms with E-state index in [9.17, 15) is 18.4 Å². The molecule has 0 spiro atoms. The SMILES string of the molecule is Cc1ncc(C(=O)NCCN2CCC(F)(F)CC2)cc1NC(=O)c1cnn2cc(-c3cccnc3)sc12. The number of aromatic nitrogens is 4. The van der Waals surface area contributed by atoms with E-state index in [1.165, 1.54) is 23.7 Å². The van der Waals surface area contributed by atoms with Crippen molar-refractivity contribution in [3.8, 4) is 10.4 Å². The number of thiazole rings is 1. The number of carbonyl (C=O) groups excluding carboxylic acids is 2. The molecule has 1 fully saturated rings. The molecule has 5 heterocycles. The first-order valence-electron chi connectivity index (χ1n) is 11.8. The number of fused-ring (bicyclic) bond motifs is 1. The molecule has 0 aliphatic carbocycles. The van der Waals surface area contributed by atoms with Gasteiger partial charge in [-0.05, 0) is 19.1 Å². The standard InChI is InChI=1S/C25H25F2N7O2S/c1-16-20(11-18(13-30-16)22(35)29-7-10-33-8-4-25(26,27)5-9-33)32-23(36)19-14-31-34-15-21(37-24(19)34)17-3-2-6-28-12-17/h2-3,6,11-15H,4-5,7-10H2,1H3,(H,29,35)(H,32,36). The van der Waals surface area contributed by atoms with Crippen LogP contribution in [0.5, 0.6) is 0 Å². The number of pyridine rings is 2. The van der Waals surface area contributed by atoms with E-state index in [4.69, 9.17) is 0 Å². The van der Waals surface area contributed by atoms with Gasteiger partial charge in [0.05, 0.1) is 33.6 Å². The Morgan fingerprint density at radius 2 is 1.97 bits per heavy atom. The highest BCUT2D eigenvalue weighted by molar-refractivity contribution is 7.21. The first-order valence-corrected chi connectivity index (χ1v) is 12.6. The molecule has 5 rings (SSSR count). The van der Waals surface area contributed by atoms with Gasteiger partial charge in [0.15, 0.2) is 0 Å². The van der Waals surface area contributed by atoms with Crippen LogP contribution in [0.4, 0.5) is 14.5 Å². The van der Waals surface area contributed by atoms with Crippen molar-refractivity contribution in [1.29, 1.82) is 0 Å². The number of hydrogen-bond donors (Lipinski definition) is 2. The van der Waals surface area contributed by atoms with Gasteiger partial charge in [-0.15, -0.1) is 11.3 Å². The molecule has 12 heteroatoms. The normalized spacial score (nSPS) is 15.5. The number of piperidine rings is 1. The molecule has 0 atom stereocenters. The molecule has 0 bridgehead atoms. The molecule has 0 saturated carbocycles. The van der Waals surface area contributed by atoms with E-state index >= 15 is 0 Å².